The van der Waals surface area contributed by atoms with Crippen LogP contribution in [0.1, 0.15) is 80.7 Å². The maximum absolute atomic E-state index is 15.5. The molecule has 0 aliphatic carbocycles. The molecule has 1 fully saturated rings. The summed E-state index contributed by atoms with van der Waals surface area (Å²) >= 11 is 0. The third kappa shape index (κ3) is 9.23. The molecule has 2 heterocycles. The number of halogens is 1. The Morgan fingerprint density at radius 2 is 1.57 bits per heavy atom. The Kier molecular flexibility index (Phi) is 11.2. The smallest absolute Gasteiger partial charge is 0.410 e. The van der Waals surface area contributed by atoms with E-state index in [4.69, 9.17) is 14.0 Å². The van der Waals surface area contributed by atoms with Gasteiger partial charge in [0, 0.05) is 66.1 Å². The zero-order valence-electron chi connectivity index (χ0n) is 28.6. The van der Waals surface area contributed by atoms with E-state index in [1.807, 2.05) is 47.6 Å². The van der Waals surface area contributed by atoms with Gasteiger partial charge in [-0.15, -0.1) is 0 Å². The summed E-state index contributed by atoms with van der Waals surface area (Å²) in [5, 5.41) is 4.31. The van der Waals surface area contributed by atoms with Crippen molar-refractivity contribution in [2.24, 2.45) is 5.16 Å². The molecule has 1 saturated heterocycles. The normalized spacial score (nSPS) is 14.8. The molecule has 44 heavy (non-hydrogen) atoms. The van der Waals surface area contributed by atoms with Gasteiger partial charge in [-0.2, -0.15) is 0 Å². The first-order valence-electron chi connectivity index (χ1n) is 15.4. The van der Waals surface area contributed by atoms with E-state index in [9.17, 15) is 4.79 Å². The molecule has 1 amide bonds. The molecule has 1 aromatic heterocycles. The van der Waals surface area contributed by atoms with Gasteiger partial charge in [0.05, 0.1) is 12.3 Å². The largest absolute Gasteiger partial charge is 0.446 e. The lowest BCUT2D eigenvalue weighted by molar-refractivity contribution is 0.00635. The van der Waals surface area contributed by atoms with Gasteiger partial charge >= 0.3 is 6.09 Å². The first-order valence-corrected chi connectivity index (χ1v) is 18.4. The van der Waals surface area contributed by atoms with Crippen LogP contribution < -0.4 is 4.90 Å². The molecule has 0 atom stereocenters. The Morgan fingerprint density at radius 1 is 0.977 bits per heavy atom. The maximum Gasteiger partial charge on any atom is 0.410 e. The Morgan fingerprint density at radius 3 is 2.11 bits per heavy atom. The number of carbonyl (C=O) groups excluding carboxylic acids is 1. The summed E-state index contributed by atoms with van der Waals surface area (Å²) in [6.07, 6.45) is 4.39. The summed E-state index contributed by atoms with van der Waals surface area (Å²) in [7, 11) is -2.00. The van der Waals surface area contributed by atoms with Crippen molar-refractivity contribution in [3.05, 3.63) is 42.0 Å². The molecule has 0 spiro atoms. The van der Waals surface area contributed by atoms with Crippen molar-refractivity contribution in [3.63, 3.8) is 0 Å². The standard InChI is InChI=1S/C33H52FN5O4Si/c1-31(2,3)39(32(4,5)6)30(40)41-19-20-42-37-26-15-17-38(18-16-26)29-35-21-25(22-36-29)27-14-12-13-24(28(27)34)23-43-44(10,11)33(7,8)9/h12-14,21-22H,15-20,23H2,1-11H3. The molecule has 9 nitrogen and oxygen atoms in total. The lowest BCUT2D eigenvalue weighted by atomic mass is 9.97. The minimum atomic E-state index is -2.00. The van der Waals surface area contributed by atoms with Gasteiger partial charge in [0.2, 0.25) is 5.95 Å². The van der Waals surface area contributed by atoms with Crippen LogP contribution in [0.2, 0.25) is 18.1 Å². The maximum atomic E-state index is 15.5. The van der Waals surface area contributed by atoms with Gasteiger partial charge in [0.1, 0.15) is 12.4 Å². The summed E-state index contributed by atoms with van der Waals surface area (Å²) in [4.78, 5) is 31.0. The van der Waals surface area contributed by atoms with Crippen LogP contribution in [-0.4, -0.2) is 72.4 Å². The molecule has 244 valence electrons. The predicted molar refractivity (Wildman–Crippen MR) is 177 cm³/mol. The van der Waals surface area contributed by atoms with Gasteiger partial charge in [-0.3, -0.25) is 4.90 Å². The summed E-state index contributed by atoms with van der Waals surface area (Å²) < 4.78 is 27.2. The Hall–Kier alpha value is -3.05. The van der Waals surface area contributed by atoms with E-state index in [0.29, 0.717) is 48.6 Å². The van der Waals surface area contributed by atoms with Crippen LogP contribution in [0.5, 0.6) is 0 Å². The molecule has 1 aliphatic rings. The van der Waals surface area contributed by atoms with Crippen LogP contribution in [0.3, 0.4) is 0 Å². The molecule has 0 radical (unpaired) electrons. The van der Waals surface area contributed by atoms with Gasteiger partial charge < -0.3 is 18.9 Å². The van der Waals surface area contributed by atoms with Gasteiger partial charge in [-0.25, -0.2) is 19.2 Å². The van der Waals surface area contributed by atoms with Crippen LogP contribution in [0.4, 0.5) is 15.1 Å². The van der Waals surface area contributed by atoms with Crippen molar-refractivity contribution in [1.29, 1.82) is 0 Å². The third-order valence-corrected chi connectivity index (χ3v) is 12.6. The minimum Gasteiger partial charge on any atom is -0.446 e. The molecule has 0 bridgehead atoms. The highest BCUT2D eigenvalue weighted by Gasteiger charge is 2.38. The molecular formula is C33H52FN5O4Si. The molecule has 3 rings (SSSR count). The molecular weight excluding hydrogens is 577 g/mol. The second-order valence-electron chi connectivity index (χ2n) is 14.9. The Balaban J connectivity index is 1.50. The Bertz CT molecular complexity index is 1270. The highest BCUT2D eigenvalue weighted by atomic mass is 28.4. The highest BCUT2D eigenvalue weighted by molar-refractivity contribution is 6.74. The number of oxime groups is 1. The fraction of sp³-hybridized carbons (Fsp3) is 0.636. The number of benzene rings is 1. The lowest BCUT2D eigenvalue weighted by Crippen LogP contribution is -2.55. The number of aromatic nitrogens is 2. The topological polar surface area (TPSA) is 89.4 Å². The van der Waals surface area contributed by atoms with E-state index in [1.165, 1.54) is 0 Å². The van der Waals surface area contributed by atoms with Crippen molar-refractivity contribution < 1.29 is 23.2 Å². The number of hydrogen-bond donors (Lipinski definition) is 0. The van der Waals surface area contributed by atoms with Crippen molar-refractivity contribution in [3.8, 4) is 11.1 Å². The van der Waals surface area contributed by atoms with Gasteiger partial charge in [0.25, 0.3) is 0 Å². The monoisotopic (exact) mass is 629 g/mol. The van der Waals surface area contributed by atoms with Crippen LogP contribution in [-0.2, 0) is 20.6 Å². The van der Waals surface area contributed by atoms with Crippen LogP contribution >= 0.6 is 0 Å². The summed E-state index contributed by atoms with van der Waals surface area (Å²) in [6.45, 7) is 24.7. The van der Waals surface area contributed by atoms with Gasteiger partial charge in [-0.05, 0) is 59.7 Å². The Labute approximate surface area is 264 Å². The molecule has 1 aromatic carbocycles. The van der Waals surface area contributed by atoms with Crippen molar-refractivity contribution >= 4 is 26.1 Å². The van der Waals surface area contributed by atoms with E-state index in [1.54, 1.807) is 29.4 Å². The molecule has 0 N–H and O–H groups in total. The average molecular weight is 630 g/mol. The van der Waals surface area contributed by atoms with Crippen molar-refractivity contribution in [2.45, 2.75) is 111 Å². The fourth-order valence-electron chi connectivity index (χ4n) is 4.99. The van der Waals surface area contributed by atoms with E-state index in [0.717, 1.165) is 5.71 Å². The van der Waals surface area contributed by atoms with E-state index in [-0.39, 0.29) is 47.8 Å². The summed E-state index contributed by atoms with van der Waals surface area (Å²) in [5.74, 6) is 0.303. The third-order valence-electron chi connectivity index (χ3n) is 8.16. The number of carbonyl (C=O) groups is 1. The average Bonchev–Trinajstić information content (AvgIpc) is 2.90. The minimum absolute atomic E-state index is 0.0518. The zero-order valence-corrected chi connectivity index (χ0v) is 29.6. The first kappa shape index (κ1) is 35.4. The quantitative estimate of drug-likeness (QED) is 0.159. The number of anilines is 1. The number of nitrogens with zero attached hydrogens (tertiary/aromatic N) is 5. The molecule has 11 heteroatoms. The van der Waals surface area contributed by atoms with Gasteiger partial charge in [0.15, 0.2) is 14.9 Å². The number of rotatable bonds is 9. The molecule has 2 aromatic rings. The first-order chi connectivity index (χ1) is 20.3. The predicted octanol–water partition coefficient (Wildman–Crippen LogP) is 7.81. The van der Waals surface area contributed by atoms with E-state index < -0.39 is 8.32 Å². The second kappa shape index (κ2) is 13.9. The van der Waals surface area contributed by atoms with Crippen LogP contribution in [0, 0.1) is 5.82 Å². The summed E-state index contributed by atoms with van der Waals surface area (Å²) in [6, 6.07) is 5.37. The number of amides is 1. The highest BCUT2D eigenvalue weighted by Crippen LogP contribution is 2.37. The fourth-order valence-corrected chi connectivity index (χ4v) is 5.94. The van der Waals surface area contributed by atoms with Crippen molar-refractivity contribution in [2.75, 3.05) is 31.2 Å². The lowest BCUT2D eigenvalue weighted by Gasteiger charge is -2.44. The molecule has 0 unspecified atom stereocenters. The van der Waals surface area contributed by atoms with Crippen LogP contribution in [0.25, 0.3) is 11.1 Å². The second-order valence-corrected chi connectivity index (χ2v) is 19.7. The number of hydrogen-bond acceptors (Lipinski definition) is 8. The van der Waals surface area contributed by atoms with E-state index >= 15 is 4.39 Å². The molecule has 1 aliphatic heterocycles. The number of ether oxygens (including phenoxy) is 1. The number of piperidine rings is 1. The summed E-state index contributed by atoms with van der Waals surface area (Å²) in [5.41, 5.74) is 1.84. The van der Waals surface area contributed by atoms with E-state index in [2.05, 4.69) is 53.9 Å². The van der Waals surface area contributed by atoms with Crippen molar-refractivity contribution in [1.82, 2.24) is 14.9 Å². The van der Waals surface area contributed by atoms with Crippen LogP contribution in [0.15, 0.2) is 35.7 Å². The zero-order chi connectivity index (χ0) is 32.9. The molecule has 0 saturated carbocycles. The van der Waals surface area contributed by atoms with Gasteiger partial charge in [-0.1, -0.05) is 44.1 Å². The SMILES string of the molecule is CC(C)(C)N(C(=O)OCCON=C1CCN(c2ncc(-c3cccc(CO[Si](C)(C)C(C)(C)C)c3F)cn2)CC1)C(C)(C)C.